The van der Waals surface area contributed by atoms with Gasteiger partial charge in [0.25, 0.3) is 0 Å². The molecule has 0 saturated heterocycles. The number of aromatic hydroxyl groups is 1. The SMILES string of the molecule is CCN(Cc1ccc(OCCN(C)CCCOC)c(F)c1)c1cc(OC)ccc1C1CCc2cc(O)ccc2C1. The van der Waals surface area contributed by atoms with Gasteiger partial charge in [-0.1, -0.05) is 18.2 Å². The number of likely N-dealkylation sites (N-methyl/N-ethyl adjacent to an activating group) is 1. The lowest BCUT2D eigenvalue weighted by Crippen LogP contribution is -2.26. The van der Waals surface area contributed by atoms with Gasteiger partial charge in [0, 0.05) is 51.6 Å². The first-order valence-corrected chi connectivity index (χ1v) is 14.2. The van der Waals surface area contributed by atoms with Crippen molar-refractivity contribution in [2.24, 2.45) is 0 Å². The van der Waals surface area contributed by atoms with Gasteiger partial charge in [0.15, 0.2) is 11.6 Å². The molecule has 40 heavy (non-hydrogen) atoms. The molecule has 0 radical (unpaired) electrons. The van der Waals surface area contributed by atoms with Gasteiger partial charge >= 0.3 is 0 Å². The maximum absolute atomic E-state index is 15.0. The molecule has 3 aromatic carbocycles. The molecule has 7 heteroatoms. The lowest BCUT2D eigenvalue weighted by atomic mass is 9.79. The Labute approximate surface area is 238 Å². The van der Waals surface area contributed by atoms with Crippen LogP contribution in [0.4, 0.5) is 10.1 Å². The molecule has 1 aliphatic carbocycles. The van der Waals surface area contributed by atoms with Crippen molar-refractivity contribution in [1.29, 1.82) is 0 Å². The van der Waals surface area contributed by atoms with Crippen LogP contribution in [0.1, 0.15) is 47.9 Å². The number of benzene rings is 3. The zero-order valence-electron chi connectivity index (χ0n) is 24.3. The predicted octanol–water partition coefficient (Wildman–Crippen LogP) is 6.19. The molecule has 1 aliphatic rings. The lowest BCUT2D eigenvalue weighted by Gasteiger charge is -2.32. The number of methoxy groups -OCH3 is 2. The summed E-state index contributed by atoms with van der Waals surface area (Å²) in [4.78, 5) is 4.44. The van der Waals surface area contributed by atoms with Crippen molar-refractivity contribution >= 4 is 5.69 Å². The minimum atomic E-state index is -0.339. The average Bonchev–Trinajstić information content (AvgIpc) is 2.96. The maximum Gasteiger partial charge on any atom is 0.165 e. The van der Waals surface area contributed by atoms with Crippen LogP contribution in [0, 0.1) is 5.82 Å². The van der Waals surface area contributed by atoms with Crippen LogP contribution in [-0.4, -0.2) is 64.1 Å². The van der Waals surface area contributed by atoms with Crippen LogP contribution < -0.4 is 14.4 Å². The van der Waals surface area contributed by atoms with Gasteiger partial charge in [0.05, 0.1) is 7.11 Å². The Balaban J connectivity index is 1.46. The Morgan fingerprint density at radius 2 is 1.82 bits per heavy atom. The molecule has 6 nitrogen and oxygen atoms in total. The zero-order chi connectivity index (χ0) is 28.5. The summed E-state index contributed by atoms with van der Waals surface area (Å²) < 4.78 is 31.5. The molecule has 3 aromatic rings. The molecule has 0 aromatic heterocycles. The van der Waals surface area contributed by atoms with E-state index < -0.39 is 0 Å². The van der Waals surface area contributed by atoms with Crippen molar-refractivity contribution in [3.05, 3.63) is 82.7 Å². The number of fused-ring (bicyclic) bond motifs is 1. The van der Waals surface area contributed by atoms with Crippen molar-refractivity contribution in [3.8, 4) is 17.2 Å². The summed E-state index contributed by atoms with van der Waals surface area (Å²) in [5.74, 6) is 1.43. The van der Waals surface area contributed by atoms with Crippen molar-refractivity contribution in [2.75, 3.05) is 59.0 Å². The van der Waals surface area contributed by atoms with E-state index in [4.69, 9.17) is 14.2 Å². The van der Waals surface area contributed by atoms with E-state index in [2.05, 4.69) is 28.9 Å². The monoisotopic (exact) mass is 550 g/mol. The van der Waals surface area contributed by atoms with Crippen molar-refractivity contribution < 1.29 is 23.7 Å². The second kappa shape index (κ2) is 14.4. The standard InChI is InChI=1S/C33H43FN2O4/c1-5-36(23-24-7-14-33(31(34)19-24)40-18-16-35(2)15-6-17-38-3)32-22-29(39-4)12-13-30(32)27-9-8-26-21-28(37)11-10-25(26)20-27/h7,10-14,19,21-22,27,37H,5-6,8-9,15-18,20,23H2,1-4H3. The van der Waals surface area contributed by atoms with Gasteiger partial charge in [-0.25, -0.2) is 4.39 Å². The molecule has 0 saturated carbocycles. The van der Waals surface area contributed by atoms with Crippen LogP contribution in [0.25, 0.3) is 0 Å². The highest BCUT2D eigenvalue weighted by atomic mass is 19.1. The van der Waals surface area contributed by atoms with E-state index in [9.17, 15) is 5.11 Å². The number of phenolic OH excluding ortho intramolecular Hbond substituents is 1. The molecule has 0 heterocycles. The Hall–Kier alpha value is -3.29. The fourth-order valence-corrected chi connectivity index (χ4v) is 5.53. The largest absolute Gasteiger partial charge is 0.508 e. The van der Waals surface area contributed by atoms with Crippen LogP contribution in [-0.2, 0) is 24.1 Å². The molecule has 1 unspecified atom stereocenters. The van der Waals surface area contributed by atoms with Crippen molar-refractivity contribution in [3.63, 3.8) is 0 Å². The fraction of sp³-hybridized carbons (Fsp3) is 0.455. The molecule has 216 valence electrons. The van der Waals surface area contributed by atoms with E-state index in [-0.39, 0.29) is 11.6 Å². The minimum Gasteiger partial charge on any atom is -0.508 e. The summed E-state index contributed by atoms with van der Waals surface area (Å²) in [5.41, 5.74) is 5.80. The summed E-state index contributed by atoms with van der Waals surface area (Å²) in [6.45, 7) is 6.26. The molecular formula is C33H43FN2O4. The summed E-state index contributed by atoms with van der Waals surface area (Å²) in [7, 11) is 5.42. The van der Waals surface area contributed by atoms with E-state index in [0.29, 0.717) is 24.8 Å². The van der Waals surface area contributed by atoms with E-state index >= 15 is 4.39 Å². The number of rotatable bonds is 14. The smallest absolute Gasteiger partial charge is 0.165 e. The van der Waals surface area contributed by atoms with Crippen molar-refractivity contribution in [2.45, 2.75) is 45.1 Å². The highest BCUT2D eigenvalue weighted by Gasteiger charge is 2.25. The summed E-state index contributed by atoms with van der Waals surface area (Å²) >= 11 is 0. The molecule has 0 spiro atoms. The van der Waals surface area contributed by atoms with Gasteiger partial charge in [-0.2, -0.15) is 0 Å². The zero-order valence-corrected chi connectivity index (χ0v) is 24.3. The molecular weight excluding hydrogens is 507 g/mol. The number of hydrogen-bond acceptors (Lipinski definition) is 6. The van der Waals surface area contributed by atoms with E-state index in [1.54, 1.807) is 32.4 Å². The minimum absolute atomic E-state index is 0.283. The first kappa shape index (κ1) is 29.7. The number of hydrogen-bond donors (Lipinski definition) is 1. The first-order valence-electron chi connectivity index (χ1n) is 14.2. The second-order valence-corrected chi connectivity index (χ2v) is 10.6. The highest BCUT2D eigenvalue weighted by molar-refractivity contribution is 5.60. The van der Waals surface area contributed by atoms with Crippen LogP contribution in [0.3, 0.4) is 0 Å². The van der Waals surface area contributed by atoms with E-state index in [0.717, 1.165) is 68.9 Å². The number of phenols is 1. The normalized spacial score (nSPS) is 14.7. The number of halogens is 1. The molecule has 4 rings (SSSR count). The van der Waals surface area contributed by atoms with Gasteiger partial charge in [0.1, 0.15) is 18.1 Å². The Morgan fingerprint density at radius 3 is 2.58 bits per heavy atom. The summed E-state index contributed by atoms with van der Waals surface area (Å²) in [6.07, 6.45) is 3.82. The van der Waals surface area contributed by atoms with Gasteiger partial charge in [0.2, 0.25) is 0 Å². The Bertz CT molecular complexity index is 1250. The number of nitrogens with zero attached hydrogens (tertiary/aromatic N) is 2. The van der Waals surface area contributed by atoms with Crippen LogP contribution in [0.2, 0.25) is 0 Å². The third kappa shape index (κ3) is 7.67. The topological polar surface area (TPSA) is 54.4 Å². The van der Waals surface area contributed by atoms with Gasteiger partial charge in [-0.05, 0) is 98.2 Å². The third-order valence-corrected chi connectivity index (χ3v) is 7.81. The Kier molecular flexibility index (Phi) is 10.7. The van der Waals surface area contributed by atoms with E-state index in [1.165, 1.54) is 16.7 Å². The number of anilines is 1. The molecule has 0 amide bonds. The Morgan fingerprint density at radius 1 is 0.975 bits per heavy atom. The predicted molar refractivity (Wildman–Crippen MR) is 158 cm³/mol. The maximum atomic E-state index is 15.0. The summed E-state index contributed by atoms with van der Waals surface area (Å²) in [6, 6.07) is 17.3. The quantitative estimate of drug-likeness (QED) is 0.242. The summed E-state index contributed by atoms with van der Waals surface area (Å²) in [5, 5.41) is 9.89. The molecule has 0 fully saturated rings. The van der Waals surface area contributed by atoms with Crippen LogP contribution in [0.5, 0.6) is 17.2 Å². The van der Waals surface area contributed by atoms with Gasteiger partial charge in [-0.3, -0.25) is 0 Å². The second-order valence-electron chi connectivity index (χ2n) is 10.6. The molecule has 0 bridgehead atoms. The third-order valence-electron chi connectivity index (χ3n) is 7.81. The van der Waals surface area contributed by atoms with Gasteiger partial charge in [-0.15, -0.1) is 0 Å². The molecule has 1 atom stereocenters. The first-order chi connectivity index (χ1) is 19.4. The fourth-order valence-electron chi connectivity index (χ4n) is 5.53. The average molecular weight is 551 g/mol. The number of ether oxygens (including phenoxy) is 3. The van der Waals surface area contributed by atoms with Gasteiger partial charge < -0.3 is 29.1 Å². The molecule has 1 N–H and O–H groups in total. The highest BCUT2D eigenvalue weighted by Crippen LogP contribution is 2.40. The lowest BCUT2D eigenvalue weighted by molar-refractivity contribution is 0.171. The number of aryl methyl sites for hydroxylation is 1. The van der Waals surface area contributed by atoms with Crippen LogP contribution in [0.15, 0.2) is 54.6 Å². The van der Waals surface area contributed by atoms with E-state index in [1.807, 2.05) is 31.3 Å². The van der Waals surface area contributed by atoms with Crippen LogP contribution >= 0.6 is 0 Å². The molecule has 0 aliphatic heterocycles. The van der Waals surface area contributed by atoms with Crippen molar-refractivity contribution in [1.82, 2.24) is 4.90 Å².